The van der Waals surface area contributed by atoms with Crippen LogP contribution in [0.1, 0.15) is 33.3 Å². The van der Waals surface area contributed by atoms with Gasteiger partial charge in [0.15, 0.2) is 0 Å². The van der Waals surface area contributed by atoms with Crippen molar-refractivity contribution in [3.63, 3.8) is 0 Å². The second kappa shape index (κ2) is 6.20. The summed E-state index contributed by atoms with van der Waals surface area (Å²) in [4.78, 5) is 4.44. The number of thiophene rings is 1. The Morgan fingerprint density at radius 1 is 1.40 bits per heavy atom. The topological polar surface area (TPSA) is 45.1 Å². The Bertz CT molecular complexity index is 562. The first-order valence-corrected chi connectivity index (χ1v) is 7.99. The molecule has 110 valence electrons. The Kier molecular flexibility index (Phi) is 4.78. The third-order valence-corrected chi connectivity index (χ3v) is 4.55. The van der Waals surface area contributed by atoms with E-state index >= 15 is 0 Å². The molecule has 2 aromatic heterocycles. The highest BCUT2D eigenvalue weighted by Crippen LogP contribution is 2.25. The lowest BCUT2D eigenvalue weighted by atomic mass is 9.80. The van der Waals surface area contributed by atoms with Crippen LogP contribution in [-0.4, -0.2) is 22.7 Å². The molecule has 20 heavy (non-hydrogen) atoms. The zero-order chi connectivity index (χ0) is 14.8. The van der Waals surface area contributed by atoms with E-state index in [1.165, 1.54) is 10.3 Å². The zero-order valence-electron chi connectivity index (χ0n) is 12.7. The Balaban J connectivity index is 1.92. The summed E-state index contributed by atoms with van der Waals surface area (Å²) in [5.74, 6) is 0.274. The van der Waals surface area contributed by atoms with Crippen molar-refractivity contribution in [1.82, 2.24) is 10.3 Å². The van der Waals surface area contributed by atoms with E-state index in [0.717, 1.165) is 18.6 Å². The first kappa shape index (κ1) is 15.4. The molecule has 0 amide bonds. The van der Waals surface area contributed by atoms with Gasteiger partial charge in [-0.15, -0.1) is 11.3 Å². The lowest BCUT2D eigenvalue weighted by molar-refractivity contribution is 0.0134. The van der Waals surface area contributed by atoms with Crippen molar-refractivity contribution >= 4 is 21.6 Å². The molecule has 0 aliphatic heterocycles. The summed E-state index contributed by atoms with van der Waals surface area (Å²) in [6, 6.07) is 4.23. The molecule has 0 saturated carbocycles. The summed E-state index contributed by atoms with van der Waals surface area (Å²) in [5, 5.41) is 15.7. The predicted octanol–water partition coefficient (Wildman–Crippen LogP) is 3.43. The standard InChI is InChI=1S/C16H24N2OS/c1-11(2)15(19)16(3,4)10-17-8-12-7-14-13(18-9-12)5-6-20-14/h5-7,9,11,15,17,19H,8,10H2,1-4H3. The average Bonchev–Trinajstić information content (AvgIpc) is 2.84. The number of pyridine rings is 1. The summed E-state index contributed by atoms with van der Waals surface area (Å²) in [6.45, 7) is 9.89. The maximum absolute atomic E-state index is 10.2. The second-order valence-corrected chi connectivity index (χ2v) is 7.38. The minimum atomic E-state index is -0.298. The molecule has 0 aromatic carbocycles. The van der Waals surface area contributed by atoms with Gasteiger partial charge in [0, 0.05) is 24.7 Å². The van der Waals surface area contributed by atoms with E-state index in [0.29, 0.717) is 0 Å². The molecule has 0 bridgehead atoms. The van der Waals surface area contributed by atoms with Crippen LogP contribution in [0.5, 0.6) is 0 Å². The molecule has 1 atom stereocenters. The fourth-order valence-corrected chi connectivity index (χ4v) is 3.32. The van der Waals surface area contributed by atoms with Crippen LogP contribution < -0.4 is 5.32 Å². The van der Waals surface area contributed by atoms with Crippen LogP contribution in [0, 0.1) is 11.3 Å². The Labute approximate surface area is 125 Å². The summed E-state index contributed by atoms with van der Waals surface area (Å²) in [5.41, 5.74) is 2.12. The maximum Gasteiger partial charge on any atom is 0.0809 e. The smallest absolute Gasteiger partial charge is 0.0809 e. The van der Waals surface area contributed by atoms with Gasteiger partial charge in [0.25, 0.3) is 0 Å². The zero-order valence-corrected chi connectivity index (χ0v) is 13.5. The van der Waals surface area contributed by atoms with Crippen LogP contribution in [-0.2, 0) is 6.54 Å². The molecule has 3 nitrogen and oxygen atoms in total. The van der Waals surface area contributed by atoms with Crippen LogP contribution in [0.15, 0.2) is 23.7 Å². The summed E-state index contributed by atoms with van der Waals surface area (Å²) < 4.78 is 1.23. The molecule has 2 rings (SSSR count). The Morgan fingerprint density at radius 2 is 2.15 bits per heavy atom. The number of aliphatic hydroxyl groups excluding tert-OH is 1. The second-order valence-electron chi connectivity index (χ2n) is 6.43. The molecule has 2 aromatic rings. The average molecular weight is 292 g/mol. The van der Waals surface area contributed by atoms with Crippen molar-refractivity contribution in [3.05, 3.63) is 29.3 Å². The Hall–Kier alpha value is -0.970. The monoisotopic (exact) mass is 292 g/mol. The number of nitrogens with one attached hydrogen (secondary N) is 1. The molecule has 2 N–H and O–H groups in total. The maximum atomic E-state index is 10.2. The van der Waals surface area contributed by atoms with Crippen LogP contribution >= 0.6 is 11.3 Å². The third-order valence-electron chi connectivity index (χ3n) is 3.70. The highest BCUT2D eigenvalue weighted by atomic mass is 32.1. The highest BCUT2D eigenvalue weighted by Gasteiger charge is 2.29. The highest BCUT2D eigenvalue weighted by molar-refractivity contribution is 7.17. The molecule has 0 aliphatic rings. The van der Waals surface area contributed by atoms with Gasteiger partial charge in [-0.05, 0) is 29.0 Å². The molecule has 2 heterocycles. The van der Waals surface area contributed by atoms with Gasteiger partial charge in [-0.25, -0.2) is 0 Å². The van der Waals surface area contributed by atoms with E-state index in [1.54, 1.807) is 11.3 Å². The third kappa shape index (κ3) is 3.57. The van der Waals surface area contributed by atoms with Gasteiger partial charge in [0.2, 0.25) is 0 Å². The number of fused-ring (bicyclic) bond motifs is 1. The fraction of sp³-hybridized carbons (Fsp3) is 0.562. The molecule has 1 unspecified atom stereocenters. The van der Waals surface area contributed by atoms with Crippen LogP contribution in [0.2, 0.25) is 0 Å². The SMILES string of the molecule is CC(C)C(O)C(C)(C)CNCc1cnc2ccsc2c1. The largest absolute Gasteiger partial charge is 0.392 e. The van der Waals surface area contributed by atoms with E-state index in [1.807, 2.05) is 12.3 Å². The molecule has 0 spiro atoms. The summed E-state index contributed by atoms with van der Waals surface area (Å²) in [6.07, 6.45) is 1.63. The molecule has 0 saturated heterocycles. The Morgan fingerprint density at radius 3 is 2.85 bits per heavy atom. The van der Waals surface area contributed by atoms with Crippen LogP contribution in [0.3, 0.4) is 0 Å². The van der Waals surface area contributed by atoms with Crippen molar-refractivity contribution in [2.45, 2.75) is 40.3 Å². The number of hydrogen-bond acceptors (Lipinski definition) is 4. The van der Waals surface area contributed by atoms with Crippen LogP contribution in [0.25, 0.3) is 10.2 Å². The quantitative estimate of drug-likeness (QED) is 0.857. The van der Waals surface area contributed by atoms with E-state index in [2.05, 4.69) is 49.4 Å². The molecular weight excluding hydrogens is 268 g/mol. The van der Waals surface area contributed by atoms with Gasteiger partial charge >= 0.3 is 0 Å². The molecular formula is C16H24N2OS. The fourth-order valence-electron chi connectivity index (χ4n) is 2.52. The van der Waals surface area contributed by atoms with Gasteiger partial charge in [-0.3, -0.25) is 4.98 Å². The van der Waals surface area contributed by atoms with Gasteiger partial charge in [0.05, 0.1) is 16.3 Å². The lowest BCUT2D eigenvalue weighted by Gasteiger charge is -2.33. The summed E-state index contributed by atoms with van der Waals surface area (Å²) >= 11 is 1.72. The van der Waals surface area contributed by atoms with Crippen molar-refractivity contribution in [2.24, 2.45) is 11.3 Å². The lowest BCUT2D eigenvalue weighted by Crippen LogP contribution is -2.41. The van der Waals surface area contributed by atoms with Crippen LogP contribution in [0.4, 0.5) is 0 Å². The van der Waals surface area contributed by atoms with E-state index in [4.69, 9.17) is 0 Å². The normalized spacial score (nSPS) is 14.1. The minimum absolute atomic E-state index is 0.130. The predicted molar refractivity (Wildman–Crippen MR) is 86.0 cm³/mol. The number of rotatable bonds is 6. The van der Waals surface area contributed by atoms with Gasteiger partial charge in [0.1, 0.15) is 0 Å². The first-order valence-electron chi connectivity index (χ1n) is 7.11. The first-order chi connectivity index (χ1) is 9.40. The van der Waals surface area contributed by atoms with Gasteiger partial charge in [-0.1, -0.05) is 27.7 Å². The molecule has 0 fully saturated rings. The number of aromatic nitrogens is 1. The van der Waals surface area contributed by atoms with E-state index in [-0.39, 0.29) is 17.4 Å². The van der Waals surface area contributed by atoms with Crippen molar-refractivity contribution in [1.29, 1.82) is 0 Å². The molecule has 4 heteroatoms. The van der Waals surface area contributed by atoms with Gasteiger partial charge in [-0.2, -0.15) is 0 Å². The van der Waals surface area contributed by atoms with Crippen molar-refractivity contribution in [2.75, 3.05) is 6.54 Å². The van der Waals surface area contributed by atoms with E-state index < -0.39 is 0 Å². The number of nitrogens with zero attached hydrogens (tertiary/aromatic N) is 1. The number of hydrogen-bond donors (Lipinski definition) is 2. The van der Waals surface area contributed by atoms with E-state index in [9.17, 15) is 5.11 Å². The number of aliphatic hydroxyl groups is 1. The molecule has 0 aliphatic carbocycles. The minimum Gasteiger partial charge on any atom is -0.392 e. The van der Waals surface area contributed by atoms with Crippen molar-refractivity contribution < 1.29 is 5.11 Å². The van der Waals surface area contributed by atoms with Crippen molar-refractivity contribution in [3.8, 4) is 0 Å². The van der Waals surface area contributed by atoms with Gasteiger partial charge < -0.3 is 10.4 Å². The summed E-state index contributed by atoms with van der Waals surface area (Å²) in [7, 11) is 0. The molecule has 0 radical (unpaired) electrons.